The second-order valence-corrected chi connectivity index (χ2v) is 5.49. The van der Waals surface area contributed by atoms with E-state index in [1.54, 1.807) is 7.11 Å². The molecule has 0 radical (unpaired) electrons. The van der Waals surface area contributed by atoms with Crippen molar-refractivity contribution in [1.82, 2.24) is 10.3 Å². The lowest BCUT2D eigenvalue weighted by molar-refractivity contribution is -0.0617. The molecule has 0 spiro atoms. The minimum absolute atomic E-state index is 0.563. The molecular formula is C15H24N2O3. The van der Waals surface area contributed by atoms with E-state index in [2.05, 4.69) is 10.3 Å². The smallest absolute Gasteiger partial charge is 0.128 e. The summed E-state index contributed by atoms with van der Waals surface area (Å²) in [6.45, 7) is 6.46. The predicted molar refractivity (Wildman–Crippen MR) is 77.0 cm³/mol. The van der Waals surface area contributed by atoms with E-state index in [-0.39, 0.29) is 0 Å². The van der Waals surface area contributed by atoms with E-state index in [0.29, 0.717) is 39.1 Å². The fourth-order valence-electron chi connectivity index (χ4n) is 2.59. The molecule has 1 fully saturated rings. The normalized spacial score (nSPS) is 18.0. The van der Waals surface area contributed by atoms with E-state index < -0.39 is 5.60 Å². The van der Waals surface area contributed by atoms with E-state index >= 15 is 0 Å². The Labute approximate surface area is 120 Å². The van der Waals surface area contributed by atoms with Crippen LogP contribution in [0.3, 0.4) is 0 Å². The van der Waals surface area contributed by atoms with Gasteiger partial charge < -0.3 is 19.9 Å². The number of aliphatic hydroxyl groups is 1. The molecular weight excluding hydrogens is 256 g/mol. The van der Waals surface area contributed by atoms with Gasteiger partial charge in [0.25, 0.3) is 0 Å². The number of nitrogens with zero attached hydrogens (tertiary/aromatic N) is 1. The molecule has 0 aromatic carbocycles. The van der Waals surface area contributed by atoms with Crippen LogP contribution in [0.15, 0.2) is 6.20 Å². The van der Waals surface area contributed by atoms with Crippen molar-refractivity contribution in [3.8, 4) is 5.75 Å². The van der Waals surface area contributed by atoms with Crippen LogP contribution in [0.4, 0.5) is 0 Å². The van der Waals surface area contributed by atoms with E-state index in [1.165, 1.54) is 0 Å². The molecule has 2 rings (SSSR count). The summed E-state index contributed by atoms with van der Waals surface area (Å²) in [7, 11) is 1.68. The number of rotatable bonds is 5. The second-order valence-electron chi connectivity index (χ2n) is 5.49. The molecule has 0 bridgehead atoms. The highest BCUT2D eigenvalue weighted by atomic mass is 16.5. The van der Waals surface area contributed by atoms with Crippen LogP contribution < -0.4 is 10.1 Å². The molecule has 2 N–H and O–H groups in total. The Kier molecular flexibility index (Phi) is 4.96. The van der Waals surface area contributed by atoms with Crippen molar-refractivity contribution in [2.45, 2.75) is 38.8 Å². The third-order valence-electron chi connectivity index (χ3n) is 3.92. The van der Waals surface area contributed by atoms with Crippen LogP contribution in [-0.4, -0.2) is 42.6 Å². The first-order chi connectivity index (χ1) is 9.56. The SMILES string of the molecule is COc1c(C)cnc(CNCC2(O)CCOCC2)c1C. The maximum atomic E-state index is 10.4. The summed E-state index contributed by atoms with van der Waals surface area (Å²) >= 11 is 0. The highest BCUT2D eigenvalue weighted by Crippen LogP contribution is 2.24. The van der Waals surface area contributed by atoms with Crippen molar-refractivity contribution >= 4 is 0 Å². The Morgan fingerprint density at radius 3 is 2.75 bits per heavy atom. The number of hydrogen-bond donors (Lipinski definition) is 2. The lowest BCUT2D eigenvalue weighted by atomic mass is 9.94. The van der Waals surface area contributed by atoms with Crippen LogP contribution in [0.25, 0.3) is 0 Å². The number of hydrogen-bond acceptors (Lipinski definition) is 5. The van der Waals surface area contributed by atoms with Gasteiger partial charge in [0, 0.05) is 56.5 Å². The number of pyridine rings is 1. The zero-order valence-corrected chi connectivity index (χ0v) is 12.5. The van der Waals surface area contributed by atoms with Gasteiger partial charge in [0.15, 0.2) is 0 Å². The van der Waals surface area contributed by atoms with Crippen molar-refractivity contribution in [1.29, 1.82) is 0 Å². The molecule has 1 aliphatic rings. The fourth-order valence-corrected chi connectivity index (χ4v) is 2.59. The van der Waals surface area contributed by atoms with Crippen LogP contribution in [-0.2, 0) is 11.3 Å². The number of methoxy groups -OCH3 is 1. The molecule has 0 amide bonds. The molecule has 0 unspecified atom stereocenters. The minimum atomic E-state index is -0.652. The summed E-state index contributed by atoms with van der Waals surface area (Å²) in [5.41, 5.74) is 2.40. The summed E-state index contributed by atoms with van der Waals surface area (Å²) < 4.78 is 10.7. The topological polar surface area (TPSA) is 63.6 Å². The van der Waals surface area contributed by atoms with Crippen molar-refractivity contribution in [2.75, 3.05) is 26.9 Å². The quantitative estimate of drug-likeness (QED) is 0.852. The lowest BCUT2D eigenvalue weighted by Gasteiger charge is -2.32. The molecule has 0 atom stereocenters. The van der Waals surface area contributed by atoms with Crippen LogP contribution in [0.1, 0.15) is 29.7 Å². The molecule has 1 saturated heterocycles. The van der Waals surface area contributed by atoms with E-state index in [9.17, 15) is 5.11 Å². The predicted octanol–water partition coefficient (Wildman–Crippen LogP) is 1.34. The molecule has 1 aromatic rings. The molecule has 112 valence electrons. The average Bonchev–Trinajstić information content (AvgIpc) is 2.43. The maximum absolute atomic E-state index is 10.4. The van der Waals surface area contributed by atoms with Crippen molar-refractivity contribution < 1.29 is 14.6 Å². The summed E-state index contributed by atoms with van der Waals surface area (Å²) in [5, 5.41) is 13.7. The molecule has 20 heavy (non-hydrogen) atoms. The monoisotopic (exact) mass is 280 g/mol. The standard InChI is InChI=1S/C15H24N2O3/c1-11-8-17-13(12(2)14(11)19-3)9-16-10-15(18)4-6-20-7-5-15/h8,16,18H,4-7,9-10H2,1-3H3. The zero-order valence-electron chi connectivity index (χ0n) is 12.5. The van der Waals surface area contributed by atoms with Gasteiger partial charge in [0.05, 0.1) is 18.4 Å². The highest BCUT2D eigenvalue weighted by Gasteiger charge is 2.29. The number of aromatic nitrogens is 1. The molecule has 0 aliphatic carbocycles. The first-order valence-corrected chi connectivity index (χ1v) is 7.06. The van der Waals surface area contributed by atoms with Crippen LogP contribution in [0, 0.1) is 13.8 Å². The molecule has 1 aliphatic heterocycles. The van der Waals surface area contributed by atoms with Crippen molar-refractivity contribution in [3.63, 3.8) is 0 Å². The second kappa shape index (κ2) is 6.52. The zero-order chi connectivity index (χ0) is 14.6. The maximum Gasteiger partial charge on any atom is 0.128 e. The minimum Gasteiger partial charge on any atom is -0.496 e. The Morgan fingerprint density at radius 1 is 1.40 bits per heavy atom. The van der Waals surface area contributed by atoms with E-state index in [0.717, 1.165) is 22.6 Å². The van der Waals surface area contributed by atoms with Gasteiger partial charge in [-0.3, -0.25) is 4.98 Å². The Bertz CT molecular complexity index is 457. The van der Waals surface area contributed by atoms with Gasteiger partial charge in [-0.15, -0.1) is 0 Å². The largest absolute Gasteiger partial charge is 0.496 e. The average molecular weight is 280 g/mol. The van der Waals surface area contributed by atoms with Crippen LogP contribution in [0.5, 0.6) is 5.75 Å². The Morgan fingerprint density at radius 2 is 2.10 bits per heavy atom. The summed E-state index contributed by atoms with van der Waals surface area (Å²) in [4.78, 5) is 4.44. The molecule has 2 heterocycles. The molecule has 5 heteroatoms. The Hall–Kier alpha value is -1.17. The van der Waals surface area contributed by atoms with Gasteiger partial charge in [0.1, 0.15) is 5.75 Å². The van der Waals surface area contributed by atoms with Gasteiger partial charge in [-0.25, -0.2) is 0 Å². The number of aryl methyl sites for hydroxylation is 1. The first-order valence-electron chi connectivity index (χ1n) is 7.06. The van der Waals surface area contributed by atoms with Crippen molar-refractivity contribution in [2.24, 2.45) is 0 Å². The fraction of sp³-hybridized carbons (Fsp3) is 0.667. The van der Waals surface area contributed by atoms with Gasteiger partial charge in [0.2, 0.25) is 0 Å². The van der Waals surface area contributed by atoms with Crippen LogP contribution in [0.2, 0.25) is 0 Å². The van der Waals surface area contributed by atoms with Gasteiger partial charge in [-0.05, 0) is 13.8 Å². The third kappa shape index (κ3) is 3.48. The van der Waals surface area contributed by atoms with Crippen LogP contribution >= 0.6 is 0 Å². The molecule has 0 saturated carbocycles. The third-order valence-corrected chi connectivity index (χ3v) is 3.92. The summed E-state index contributed by atoms with van der Waals surface area (Å²) in [6.07, 6.45) is 3.19. The Balaban J connectivity index is 1.94. The summed E-state index contributed by atoms with van der Waals surface area (Å²) in [6, 6.07) is 0. The summed E-state index contributed by atoms with van der Waals surface area (Å²) in [5.74, 6) is 0.890. The lowest BCUT2D eigenvalue weighted by Crippen LogP contribution is -2.44. The molecule has 1 aromatic heterocycles. The van der Waals surface area contributed by atoms with E-state index in [1.807, 2.05) is 20.0 Å². The molecule has 5 nitrogen and oxygen atoms in total. The van der Waals surface area contributed by atoms with Gasteiger partial charge in [-0.1, -0.05) is 0 Å². The van der Waals surface area contributed by atoms with Gasteiger partial charge >= 0.3 is 0 Å². The number of ether oxygens (including phenoxy) is 2. The van der Waals surface area contributed by atoms with E-state index in [4.69, 9.17) is 9.47 Å². The highest BCUT2D eigenvalue weighted by molar-refractivity contribution is 5.40. The first kappa shape index (κ1) is 15.2. The number of nitrogens with one attached hydrogen (secondary N) is 1. The van der Waals surface area contributed by atoms with Gasteiger partial charge in [-0.2, -0.15) is 0 Å². The van der Waals surface area contributed by atoms with Crippen molar-refractivity contribution in [3.05, 3.63) is 23.0 Å².